The van der Waals surface area contributed by atoms with Crippen LogP contribution in [0.5, 0.6) is 5.75 Å². The van der Waals surface area contributed by atoms with Crippen LogP contribution in [0.3, 0.4) is 0 Å². The van der Waals surface area contributed by atoms with Gasteiger partial charge in [0.15, 0.2) is 6.61 Å². The lowest BCUT2D eigenvalue weighted by atomic mass is 10.1. The quantitative estimate of drug-likeness (QED) is 0.353. The first-order valence-corrected chi connectivity index (χ1v) is 10.9. The molecule has 0 aliphatic heterocycles. The van der Waals surface area contributed by atoms with Gasteiger partial charge >= 0.3 is 0 Å². The zero-order valence-electron chi connectivity index (χ0n) is 18.4. The number of aryl methyl sites for hydroxylation is 1. The fourth-order valence-corrected chi connectivity index (χ4v) is 3.50. The van der Waals surface area contributed by atoms with Gasteiger partial charge in [-0.2, -0.15) is 0 Å². The maximum Gasteiger partial charge on any atom is 0.276 e. The summed E-state index contributed by atoms with van der Waals surface area (Å²) in [5.41, 5.74) is 7.01. The Kier molecular flexibility index (Phi) is 7.29. The first kappa shape index (κ1) is 22.7. The Balaban J connectivity index is 1.22. The summed E-state index contributed by atoms with van der Waals surface area (Å²) in [6.07, 6.45) is 1.05. The average molecular weight is 457 g/mol. The van der Waals surface area contributed by atoms with Crippen LogP contribution in [0, 0.1) is 0 Å². The SMILES string of the molecule is O=C(CCCc1nc2ccccc2c(=O)[nH]1)NNC(=O)COc1ccccc1-c1ccccc1. The monoisotopic (exact) mass is 456 g/mol. The minimum absolute atomic E-state index is 0.161. The molecule has 0 radical (unpaired) electrons. The van der Waals surface area contributed by atoms with Gasteiger partial charge in [-0.3, -0.25) is 25.2 Å². The Bertz CT molecular complexity index is 1350. The topological polar surface area (TPSA) is 113 Å². The number of ether oxygens (including phenoxy) is 1. The minimum atomic E-state index is -0.475. The minimum Gasteiger partial charge on any atom is -0.483 e. The second-order valence-corrected chi connectivity index (χ2v) is 7.63. The molecular formula is C26H24N4O4. The summed E-state index contributed by atoms with van der Waals surface area (Å²) >= 11 is 0. The maximum atomic E-state index is 12.1. The highest BCUT2D eigenvalue weighted by Crippen LogP contribution is 2.29. The summed E-state index contributed by atoms with van der Waals surface area (Å²) in [7, 11) is 0. The highest BCUT2D eigenvalue weighted by Gasteiger charge is 2.10. The number of benzene rings is 3. The van der Waals surface area contributed by atoms with Gasteiger partial charge in [0.2, 0.25) is 5.91 Å². The van der Waals surface area contributed by atoms with E-state index in [9.17, 15) is 14.4 Å². The molecule has 8 nitrogen and oxygen atoms in total. The first-order chi connectivity index (χ1) is 16.6. The molecule has 1 aromatic heterocycles. The number of nitrogens with one attached hydrogen (secondary N) is 3. The van der Waals surface area contributed by atoms with E-state index in [-0.39, 0.29) is 24.5 Å². The third kappa shape index (κ3) is 5.86. The van der Waals surface area contributed by atoms with Gasteiger partial charge in [0.25, 0.3) is 11.5 Å². The summed E-state index contributed by atoms with van der Waals surface area (Å²) in [6.45, 7) is -0.244. The number of fused-ring (bicyclic) bond motifs is 1. The molecule has 4 aromatic rings. The van der Waals surface area contributed by atoms with Gasteiger partial charge in [-0.1, -0.05) is 60.7 Å². The van der Waals surface area contributed by atoms with E-state index in [1.807, 2.05) is 54.6 Å². The van der Waals surface area contributed by atoms with Crippen LogP contribution in [0.2, 0.25) is 0 Å². The van der Waals surface area contributed by atoms with Crippen LogP contribution < -0.4 is 21.1 Å². The van der Waals surface area contributed by atoms with E-state index in [0.717, 1.165) is 11.1 Å². The molecule has 0 atom stereocenters. The van der Waals surface area contributed by atoms with E-state index in [1.54, 1.807) is 24.3 Å². The molecule has 0 fully saturated rings. The lowest BCUT2D eigenvalue weighted by molar-refractivity contribution is -0.130. The molecule has 0 spiro atoms. The molecule has 3 aromatic carbocycles. The van der Waals surface area contributed by atoms with E-state index >= 15 is 0 Å². The second kappa shape index (κ2) is 10.9. The number of amides is 2. The number of aromatic amines is 1. The van der Waals surface area contributed by atoms with Gasteiger partial charge in [-0.05, 0) is 30.2 Å². The lowest BCUT2D eigenvalue weighted by Gasteiger charge is -2.12. The fraction of sp³-hybridized carbons (Fsp3) is 0.154. The number of carbonyl (C=O) groups excluding carboxylic acids is 2. The highest BCUT2D eigenvalue weighted by atomic mass is 16.5. The van der Waals surface area contributed by atoms with Gasteiger partial charge in [0.05, 0.1) is 10.9 Å². The largest absolute Gasteiger partial charge is 0.483 e. The molecule has 0 bridgehead atoms. The maximum absolute atomic E-state index is 12.1. The summed E-state index contributed by atoms with van der Waals surface area (Å²) < 4.78 is 5.67. The Morgan fingerprint density at radius 2 is 1.56 bits per heavy atom. The lowest BCUT2D eigenvalue weighted by Crippen LogP contribution is -2.43. The highest BCUT2D eigenvalue weighted by molar-refractivity contribution is 5.83. The molecule has 34 heavy (non-hydrogen) atoms. The van der Waals surface area contributed by atoms with Gasteiger partial charge in [-0.25, -0.2) is 4.98 Å². The standard InChI is InChI=1S/C26H24N4O4/c31-24(16-8-15-23-27-21-13-6-4-12-20(21)26(33)28-23)29-30-25(32)17-34-22-14-7-5-11-19(22)18-9-2-1-3-10-18/h1-7,9-14H,8,15-17H2,(H,29,31)(H,30,32)(H,27,28,33). The van der Waals surface area contributed by atoms with E-state index in [0.29, 0.717) is 35.3 Å². The van der Waals surface area contributed by atoms with Gasteiger partial charge in [-0.15, -0.1) is 0 Å². The number of carbonyl (C=O) groups is 2. The van der Waals surface area contributed by atoms with Crippen LogP contribution >= 0.6 is 0 Å². The number of H-pyrrole nitrogens is 1. The first-order valence-electron chi connectivity index (χ1n) is 10.9. The smallest absolute Gasteiger partial charge is 0.276 e. The van der Waals surface area contributed by atoms with Crippen molar-refractivity contribution in [3.05, 3.63) is 95.0 Å². The zero-order valence-corrected chi connectivity index (χ0v) is 18.4. The van der Waals surface area contributed by atoms with Crippen LogP contribution in [-0.4, -0.2) is 28.4 Å². The number of hydrazine groups is 1. The average Bonchev–Trinajstić information content (AvgIpc) is 2.87. The Morgan fingerprint density at radius 1 is 0.853 bits per heavy atom. The van der Waals surface area contributed by atoms with Gasteiger partial charge in [0.1, 0.15) is 11.6 Å². The van der Waals surface area contributed by atoms with Crippen molar-refractivity contribution in [1.82, 2.24) is 20.8 Å². The van der Waals surface area contributed by atoms with Crippen molar-refractivity contribution in [2.24, 2.45) is 0 Å². The second-order valence-electron chi connectivity index (χ2n) is 7.63. The normalized spacial score (nSPS) is 10.6. The number of rotatable bonds is 8. The summed E-state index contributed by atoms with van der Waals surface area (Å²) in [4.78, 5) is 43.5. The van der Waals surface area contributed by atoms with E-state index < -0.39 is 5.91 Å². The number of aromatic nitrogens is 2. The van der Waals surface area contributed by atoms with Crippen molar-refractivity contribution in [2.45, 2.75) is 19.3 Å². The van der Waals surface area contributed by atoms with Crippen LogP contribution in [0.15, 0.2) is 83.7 Å². The van der Waals surface area contributed by atoms with Crippen molar-refractivity contribution >= 4 is 22.7 Å². The number of para-hydroxylation sites is 2. The number of nitrogens with zero attached hydrogens (tertiary/aromatic N) is 1. The van der Waals surface area contributed by atoms with Crippen LogP contribution in [-0.2, 0) is 16.0 Å². The van der Waals surface area contributed by atoms with Crippen molar-refractivity contribution in [3.8, 4) is 16.9 Å². The van der Waals surface area contributed by atoms with E-state index in [4.69, 9.17) is 4.74 Å². The van der Waals surface area contributed by atoms with Crippen molar-refractivity contribution in [3.63, 3.8) is 0 Å². The summed E-state index contributed by atoms with van der Waals surface area (Å²) in [5.74, 6) is 0.274. The van der Waals surface area contributed by atoms with Crippen molar-refractivity contribution < 1.29 is 14.3 Å². The predicted octanol–water partition coefficient (Wildman–Crippen LogP) is 3.14. The molecule has 0 saturated heterocycles. The summed E-state index contributed by atoms with van der Waals surface area (Å²) in [6, 6.07) is 24.3. The molecule has 3 N–H and O–H groups in total. The Morgan fingerprint density at radius 3 is 2.41 bits per heavy atom. The van der Waals surface area contributed by atoms with Crippen LogP contribution in [0.4, 0.5) is 0 Å². The van der Waals surface area contributed by atoms with Crippen molar-refractivity contribution in [2.75, 3.05) is 6.61 Å². The molecular weight excluding hydrogens is 432 g/mol. The van der Waals surface area contributed by atoms with Crippen LogP contribution in [0.1, 0.15) is 18.7 Å². The number of hydrogen-bond acceptors (Lipinski definition) is 5. The Labute approximate surface area is 196 Å². The molecule has 1 heterocycles. The predicted molar refractivity (Wildman–Crippen MR) is 129 cm³/mol. The van der Waals surface area contributed by atoms with E-state index in [2.05, 4.69) is 20.8 Å². The zero-order chi connectivity index (χ0) is 23.8. The Hall–Kier alpha value is -4.46. The molecule has 0 unspecified atom stereocenters. The van der Waals surface area contributed by atoms with Gasteiger partial charge in [0, 0.05) is 18.4 Å². The molecule has 4 rings (SSSR count). The van der Waals surface area contributed by atoms with Crippen molar-refractivity contribution in [1.29, 1.82) is 0 Å². The molecule has 0 aliphatic rings. The summed E-state index contributed by atoms with van der Waals surface area (Å²) in [5, 5.41) is 0.528. The fourth-order valence-electron chi connectivity index (χ4n) is 3.50. The molecule has 0 aliphatic carbocycles. The number of hydrogen-bond donors (Lipinski definition) is 3. The molecule has 0 saturated carbocycles. The molecule has 172 valence electrons. The third-order valence-electron chi connectivity index (χ3n) is 5.15. The van der Waals surface area contributed by atoms with Gasteiger partial charge < -0.3 is 9.72 Å². The molecule has 8 heteroatoms. The molecule has 2 amide bonds. The third-order valence-corrected chi connectivity index (χ3v) is 5.15. The van der Waals surface area contributed by atoms with E-state index in [1.165, 1.54) is 0 Å². The van der Waals surface area contributed by atoms with Crippen LogP contribution in [0.25, 0.3) is 22.0 Å².